The van der Waals surface area contributed by atoms with Gasteiger partial charge in [0.05, 0.1) is 4.88 Å². The number of carboxylic acid groups (broad SMARTS) is 1. The average Bonchev–Trinajstić information content (AvgIpc) is 3.12. The van der Waals surface area contributed by atoms with Crippen LogP contribution in [0, 0.1) is 17.8 Å². The van der Waals surface area contributed by atoms with Gasteiger partial charge >= 0.3 is 5.97 Å². The number of amides is 1. The number of carbonyl (C=O) groups is 2. The molecule has 5 nitrogen and oxygen atoms in total. The van der Waals surface area contributed by atoms with E-state index >= 15 is 0 Å². The minimum Gasteiger partial charge on any atom is -0.481 e. The number of hydrogen-bond acceptors (Lipinski definition) is 4. The number of hydrogen-bond donors (Lipinski definition) is 2. The topological polar surface area (TPSA) is 75.6 Å². The van der Waals surface area contributed by atoms with Crippen LogP contribution in [-0.2, 0) is 16.0 Å². The molecule has 2 atom stereocenters. The van der Waals surface area contributed by atoms with Crippen molar-refractivity contribution in [2.45, 2.75) is 39.2 Å². The third-order valence-corrected chi connectivity index (χ3v) is 5.51. The summed E-state index contributed by atoms with van der Waals surface area (Å²) in [6, 6.07) is 10.3. The Balaban J connectivity index is 1.77. The molecule has 0 aliphatic rings. The van der Waals surface area contributed by atoms with Crippen LogP contribution in [0.4, 0.5) is 0 Å². The highest BCUT2D eigenvalue weighted by molar-refractivity contribution is 7.12. The zero-order chi connectivity index (χ0) is 21.2. The van der Waals surface area contributed by atoms with Crippen LogP contribution >= 0.6 is 22.9 Å². The zero-order valence-corrected chi connectivity index (χ0v) is 18.0. The van der Waals surface area contributed by atoms with Crippen molar-refractivity contribution in [1.82, 2.24) is 5.32 Å². The standard InChI is InChI=1S/C22H24ClNO4S/c1-15(14-21(22(26)27)24-16(2)25)5-10-20-12-11-19(29-20)4-3-13-28-18-8-6-17(23)7-9-18/h6-9,11-12,15,21H,5,10,13-14H2,1-2H3,(H,24,25)(H,26,27)/t15?,21-/m1/s1. The van der Waals surface area contributed by atoms with E-state index in [1.807, 2.05) is 19.1 Å². The van der Waals surface area contributed by atoms with E-state index in [4.69, 9.17) is 16.3 Å². The van der Waals surface area contributed by atoms with Crippen LogP contribution < -0.4 is 10.1 Å². The quantitative estimate of drug-likeness (QED) is 0.575. The van der Waals surface area contributed by atoms with Gasteiger partial charge in [0.15, 0.2) is 0 Å². The minimum absolute atomic E-state index is 0.173. The number of thiophene rings is 1. The van der Waals surface area contributed by atoms with Crippen molar-refractivity contribution in [2.75, 3.05) is 6.61 Å². The fraction of sp³-hybridized carbons (Fsp3) is 0.364. The normalized spacial score (nSPS) is 12.4. The molecule has 0 aliphatic heterocycles. The Labute approximate surface area is 180 Å². The number of rotatable bonds is 9. The van der Waals surface area contributed by atoms with Crippen molar-refractivity contribution in [3.8, 4) is 17.6 Å². The summed E-state index contributed by atoms with van der Waals surface area (Å²) >= 11 is 7.46. The molecule has 0 saturated heterocycles. The van der Waals surface area contributed by atoms with E-state index < -0.39 is 12.0 Å². The molecule has 2 aromatic rings. The average molecular weight is 434 g/mol. The maximum Gasteiger partial charge on any atom is 0.326 e. The van der Waals surface area contributed by atoms with Gasteiger partial charge in [0.2, 0.25) is 5.91 Å². The van der Waals surface area contributed by atoms with Crippen molar-refractivity contribution in [3.63, 3.8) is 0 Å². The number of carboxylic acids is 1. The minimum atomic E-state index is -0.999. The summed E-state index contributed by atoms with van der Waals surface area (Å²) < 4.78 is 5.55. The second-order valence-corrected chi connectivity index (χ2v) is 8.39. The van der Waals surface area contributed by atoms with Crippen LogP contribution in [0.25, 0.3) is 0 Å². The SMILES string of the molecule is CC(=O)N[C@H](CC(C)CCc1ccc(C#CCOc2ccc(Cl)cc2)s1)C(=O)O. The smallest absolute Gasteiger partial charge is 0.326 e. The molecule has 0 aliphatic carbocycles. The van der Waals surface area contributed by atoms with E-state index in [1.54, 1.807) is 35.6 Å². The molecule has 2 N–H and O–H groups in total. The fourth-order valence-corrected chi connectivity index (χ4v) is 3.75. The molecule has 0 spiro atoms. The Morgan fingerprint density at radius 3 is 2.62 bits per heavy atom. The van der Waals surface area contributed by atoms with Crippen molar-refractivity contribution < 1.29 is 19.4 Å². The molecule has 7 heteroatoms. The molecule has 2 rings (SSSR count). The maximum atomic E-state index is 11.2. The van der Waals surface area contributed by atoms with Crippen molar-refractivity contribution in [1.29, 1.82) is 0 Å². The fourth-order valence-electron chi connectivity index (χ4n) is 2.73. The summed E-state index contributed by atoms with van der Waals surface area (Å²) in [5, 5.41) is 12.4. The van der Waals surface area contributed by atoms with Gasteiger partial charge in [-0.1, -0.05) is 30.4 Å². The predicted octanol–water partition coefficient (Wildman–Crippen LogP) is 4.38. The van der Waals surface area contributed by atoms with Crippen LogP contribution in [0.5, 0.6) is 5.75 Å². The third-order valence-electron chi connectivity index (χ3n) is 4.20. The van der Waals surface area contributed by atoms with Gasteiger partial charge in [0.25, 0.3) is 0 Å². The highest BCUT2D eigenvalue weighted by atomic mass is 35.5. The molecule has 0 saturated carbocycles. The van der Waals surface area contributed by atoms with Gasteiger partial charge in [0, 0.05) is 16.8 Å². The Bertz CT molecular complexity index is 882. The van der Waals surface area contributed by atoms with E-state index in [0.29, 0.717) is 18.1 Å². The highest BCUT2D eigenvalue weighted by Gasteiger charge is 2.21. The Morgan fingerprint density at radius 1 is 1.24 bits per heavy atom. The molecule has 1 amide bonds. The maximum absolute atomic E-state index is 11.2. The first-order valence-electron chi connectivity index (χ1n) is 9.29. The summed E-state index contributed by atoms with van der Waals surface area (Å²) in [5.41, 5.74) is 0. The Hall–Kier alpha value is -2.49. The third kappa shape index (κ3) is 8.59. The summed E-state index contributed by atoms with van der Waals surface area (Å²) in [6.45, 7) is 3.63. The molecule has 0 fully saturated rings. The lowest BCUT2D eigenvalue weighted by Crippen LogP contribution is -2.40. The molecule has 0 radical (unpaired) electrons. The summed E-state index contributed by atoms with van der Waals surface area (Å²) in [4.78, 5) is 24.5. The summed E-state index contributed by atoms with van der Waals surface area (Å²) in [5.74, 6) is 5.67. The Kier molecular flexibility index (Phi) is 9.04. The van der Waals surface area contributed by atoms with E-state index in [-0.39, 0.29) is 11.8 Å². The van der Waals surface area contributed by atoms with E-state index in [1.165, 1.54) is 11.8 Å². The van der Waals surface area contributed by atoms with Crippen LogP contribution in [0.3, 0.4) is 0 Å². The molecule has 1 unspecified atom stereocenters. The highest BCUT2D eigenvalue weighted by Crippen LogP contribution is 2.21. The van der Waals surface area contributed by atoms with Crippen molar-refractivity contribution >= 4 is 34.8 Å². The molecular weight excluding hydrogens is 410 g/mol. The number of benzene rings is 1. The number of carbonyl (C=O) groups excluding carboxylic acids is 1. The molecule has 1 heterocycles. The van der Waals surface area contributed by atoms with Gasteiger partial charge in [-0.3, -0.25) is 4.79 Å². The summed E-state index contributed by atoms with van der Waals surface area (Å²) in [6.07, 6.45) is 2.10. The first-order chi connectivity index (χ1) is 13.8. The van der Waals surface area contributed by atoms with E-state index in [2.05, 4.69) is 17.2 Å². The molecule has 29 heavy (non-hydrogen) atoms. The van der Waals surface area contributed by atoms with Gasteiger partial charge in [-0.2, -0.15) is 0 Å². The number of aryl methyl sites for hydroxylation is 1. The van der Waals surface area contributed by atoms with E-state index in [9.17, 15) is 14.7 Å². The van der Waals surface area contributed by atoms with Crippen molar-refractivity contribution in [3.05, 3.63) is 51.2 Å². The van der Waals surface area contributed by atoms with Crippen LogP contribution in [-0.4, -0.2) is 29.6 Å². The van der Waals surface area contributed by atoms with Gasteiger partial charge < -0.3 is 15.2 Å². The number of nitrogens with one attached hydrogen (secondary N) is 1. The first kappa shape index (κ1) is 22.8. The predicted molar refractivity (Wildman–Crippen MR) is 115 cm³/mol. The number of ether oxygens (including phenoxy) is 1. The number of halogens is 1. The molecule has 1 aromatic heterocycles. The molecule has 0 bridgehead atoms. The second kappa shape index (κ2) is 11.5. The monoisotopic (exact) mass is 433 g/mol. The molecule has 1 aromatic carbocycles. The van der Waals surface area contributed by atoms with Gasteiger partial charge in [-0.15, -0.1) is 11.3 Å². The van der Waals surface area contributed by atoms with E-state index in [0.717, 1.165) is 23.5 Å². The second-order valence-electron chi connectivity index (χ2n) is 6.78. The van der Waals surface area contributed by atoms with Crippen molar-refractivity contribution in [2.24, 2.45) is 5.92 Å². The molecular formula is C22H24ClNO4S. The Morgan fingerprint density at radius 2 is 1.97 bits per heavy atom. The molecule has 154 valence electrons. The first-order valence-corrected chi connectivity index (χ1v) is 10.5. The number of aliphatic carboxylic acids is 1. The lowest BCUT2D eigenvalue weighted by atomic mass is 9.96. The van der Waals surface area contributed by atoms with Crippen LogP contribution in [0.15, 0.2) is 36.4 Å². The van der Waals surface area contributed by atoms with Gasteiger partial charge in [0.1, 0.15) is 18.4 Å². The lowest BCUT2D eigenvalue weighted by Gasteiger charge is -2.17. The van der Waals surface area contributed by atoms with Crippen LogP contribution in [0.1, 0.15) is 36.4 Å². The van der Waals surface area contributed by atoms with Gasteiger partial charge in [-0.25, -0.2) is 4.79 Å². The summed E-state index contributed by atoms with van der Waals surface area (Å²) in [7, 11) is 0. The lowest BCUT2D eigenvalue weighted by molar-refractivity contribution is -0.142. The van der Waals surface area contributed by atoms with Gasteiger partial charge in [-0.05, 0) is 61.6 Å². The largest absolute Gasteiger partial charge is 0.481 e. The zero-order valence-electron chi connectivity index (χ0n) is 16.4. The van der Waals surface area contributed by atoms with Crippen LogP contribution in [0.2, 0.25) is 5.02 Å².